The minimum Gasteiger partial charge on any atom is -0.406 e. The highest BCUT2D eigenvalue weighted by Crippen LogP contribution is 2.22. The standard InChI is InChI=1S/C18H16F3N5O2/c19-18(20,21)28-14-5-3-13(4-6-14)17(27)23-8-7-22-15-11-16(25-12-24-15)26-9-1-2-10-26/h1-6,9-12H,7-8H2,(H,23,27)(H,22,24,25). The Labute approximate surface area is 158 Å². The molecule has 1 aromatic carbocycles. The minimum absolute atomic E-state index is 0.228. The minimum atomic E-state index is -4.77. The van der Waals surface area contributed by atoms with E-state index in [4.69, 9.17) is 0 Å². The summed E-state index contributed by atoms with van der Waals surface area (Å²) >= 11 is 0. The Morgan fingerprint density at radius 3 is 2.46 bits per heavy atom. The first-order valence-electron chi connectivity index (χ1n) is 8.24. The predicted molar refractivity (Wildman–Crippen MR) is 95.3 cm³/mol. The number of hydrogen-bond acceptors (Lipinski definition) is 5. The van der Waals surface area contributed by atoms with Gasteiger partial charge in [-0.25, -0.2) is 9.97 Å². The fourth-order valence-corrected chi connectivity index (χ4v) is 2.35. The fourth-order valence-electron chi connectivity index (χ4n) is 2.35. The summed E-state index contributed by atoms with van der Waals surface area (Å²) in [6.07, 6.45) is 0.382. The molecule has 0 bridgehead atoms. The van der Waals surface area contributed by atoms with Gasteiger partial charge in [0.05, 0.1) is 0 Å². The van der Waals surface area contributed by atoms with E-state index in [0.717, 1.165) is 12.1 Å². The molecule has 3 aromatic rings. The quantitative estimate of drug-likeness (QED) is 0.605. The first-order chi connectivity index (χ1) is 13.4. The Balaban J connectivity index is 1.46. The molecule has 0 aliphatic rings. The largest absolute Gasteiger partial charge is 0.573 e. The molecule has 0 radical (unpaired) electrons. The van der Waals surface area contributed by atoms with Gasteiger partial charge < -0.3 is 19.9 Å². The third kappa shape index (κ3) is 5.47. The predicted octanol–water partition coefficient (Wildman–Crippen LogP) is 3.01. The molecule has 2 aromatic heterocycles. The molecule has 0 saturated heterocycles. The van der Waals surface area contributed by atoms with Crippen LogP contribution in [0.3, 0.4) is 0 Å². The molecule has 0 spiro atoms. The highest BCUT2D eigenvalue weighted by Gasteiger charge is 2.31. The van der Waals surface area contributed by atoms with Crippen molar-refractivity contribution in [2.75, 3.05) is 18.4 Å². The van der Waals surface area contributed by atoms with E-state index in [2.05, 4.69) is 25.3 Å². The number of aromatic nitrogens is 3. The summed E-state index contributed by atoms with van der Waals surface area (Å²) < 4.78 is 42.0. The molecule has 28 heavy (non-hydrogen) atoms. The van der Waals surface area contributed by atoms with Crippen molar-refractivity contribution < 1.29 is 22.7 Å². The van der Waals surface area contributed by atoms with Gasteiger partial charge in [-0.05, 0) is 36.4 Å². The molecule has 10 heteroatoms. The number of carbonyl (C=O) groups excluding carboxylic acids is 1. The number of anilines is 1. The van der Waals surface area contributed by atoms with Gasteiger partial charge in [0.25, 0.3) is 5.91 Å². The summed E-state index contributed by atoms with van der Waals surface area (Å²) in [5, 5.41) is 5.73. The van der Waals surface area contributed by atoms with Crippen molar-refractivity contribution in [3.05, 3.63) is 66.7 Å². The number of hydrogen-bond donors (Lipinski definition) is 2. The molecule has 1 amide bonds. The zero-order valence-electron chi connectivity index (χ0n) is 14.5. The van der Waals surface area contributed by atoms with E-state index < -0.39 is 12.3 Å². The van der Waals surface area contributed by atoms with Crippen LogP contribution in [-0.2, 0) is 0 Å². The Hall–Kier alpha value is -3.56. The summed E-state index contributed by atoms with van der Waals surface area (Å²) in [5.74, 6) is 0.512. The van der Waals surface area contributed by atoms with Gasteiger partial charge in [0, 0.05) is 37.1 Å². The second kappa shape index (κ2) is 8.42. The van der Waals surface area contributed by atoms with E-state index in [1.54, 1.807) is 6.07 Å². The van der Waals surface area contributed by atoms with Crippen LogP contribution in [0.4, 0.5) is 19.0 Å². The number of benzene rings is 1. The van der Waals surface area contributed by atoms with Crippen LogP contribution < -0.4 is 15.4 Å². The maximum atomic E-state index is 12.1. The van der Waals surface area contributed by atoms with Gasteiger partial charge in [0.15, 0.2) is 0 Å². The van der Waals surface area contributed by atoms with Crippen molar-refractivity contribution in [2.45, 2.75) is 6.36 Å². The van der Waals surface area contributed by atoms with Gasteiger partial charge in [0.2, 0.25) is 0 Å². The molecule has 0 unspecified atom stereocenters. The third-order valence-electron chi connectivity index (χ3n) is 3.59. The summed E-state index contributed by atoms with van der Waals surface area (Å²) in [5.41, 5.74) is 0.228. The summed E-state index contributed by atoms with van der Waals surface area (Å²) in [4.78, 5) is 20.3. The van der Waals surface area contributed by atoms with Gasteiger partial charge in [-0.3, -0.25) is 4.79 Å². The lowest BCUT2D eigenvalue weighted by Gasteiger charge is -2.10. The maximum absolute atomic E-state index is 12.1. The Kier molecular flexibility index (Phi) is 5.78. The number of nitrogens with one attached hydrogen (secondary N) is 2. The van der Waals surface area contributed by atoms with Crippen LogP contribution in [0.25, 0.3) is 5.82 Å². The lowest BCUT2D eigenvalue weighted by molar-refractivity contribution is -0.274. The van der Waals surface area contributed by atoms with E-state index >= 15 is 0 Å². The molecule has 0 aliphatic carbocycles. The molecule has 7 nitrogen and oxygen atoms in total. The zero-order valence-corrected chi connectivity index (χ0v) is 14.5. The molecule has 0 atom stereocenters. The number of rotatable bonds is 7. The van der Waals surface area contributed by atoms with Crippen molar-refractivity contribution in [2.24, 2.45) is 0 Å². The number of ether oxygens (including phenoxy) is 1. The smallest absolute Gasteiger partial charge is 0.406 e. The lowest BCUT2D eigenvalue weighted by atomic mass is 10.2. The van der Waals surface area contributed by atoms with Crippen molar-refractivity contribution in [1.29, 1.82) is 0 Å². The Bertz CT molecular complexity index is 912. The van der Waals surface area contributed by atoms with Crippen molar-refractivity contribution in [3.63, 3.8) is 0 Å². The Morgan fingerprint density at radius 1 is 1.07 bits per heavy atom. The molecule has 146 valence electrons. The van der Waals surface area contributed by atoms with E-state index in [1.807, 2.05) is 29.1 Å². The average molecular weight is 391 g/mol. The van der Waals surface area contributed by atoms with E-state index in [9.17, 15) is 18.0 Å². The van der Waals surface area contributed by atoms with Crippen molar-refractivity contribution >= 4 is 11.7 Å². The van der Waals surface area contributed by atoms with E-state index in [1.165, 1.54) is 18.5 Å². The third-order valence-corrected chi connectivity index (χ3v) is 3.59. The maximum Gasteiger partial charge on any atom is 0.573 e. The number of nitrogens with zero attached hydrogens (tertiary/aromatic N) is 3. The number of amides is 1. The molecule has 3 rings (SSSR count). The van der Waals surface area contributed by atoms with Gasteiger partial charge in [-0.1, -0.05) is 0 Å². The first-order valence-corrected chi connectivity index (χ1v) is 8.24. The molecule has 0 aliphatic heterocycles. The first kappa shape index (κ1) is 19.2. The van der Waals surface area contributed by atoms with Gasteiger partial charge >= 0.3 is 6.36 Å². The monoisotopic (exact) mass is 391 g/mol. The van der Waals surface area contributed by atoms with Gasteiger partial charge in [-0.15, -0.1) is 13.2 Å². The summed E-state index contributed by atoms with van der Waals surface area (Å²) in [7, 11) is 0. The van der Waals surface area contributed by atoms with Crippen LogP contribution in [0, 0.1) is 0 Å². The molecule has 2 N–H and O–H groups in total. The SMILES string of the molecule is O=C(NCCNc1cc(-n2cccc2)ncn1)c1ccc(OC(F)(F)F)cc1. The summed E-state index contributed by atoms with van der Waals surface area (Å²) in [6.45, 7) is 0.700. The van der Waals surface area contributed by atoms with Gasteiger partial charge in [0.1, 0.15) is 23.7 Å². The highest BCUT2D eigenvalue weighted by molar-refractivity contribution is 5.94. The Morgan fingerprint density at radius 2 is 1.79 bits per heavy atom. The fraction of sp³-hybridized carbons (Fsp3) is 0.167. The van der Waals surface area contributed by atoms with Crippen LogP contribution in [0.1, 0.15) is 10.4 Å². The second-order valence-electron chi connectivity index (χ2n) is 5.61. The number of carbonyl (C=O) groups is 1. The molecule has 2 heterocycles. The number of halogens is 3. The molecular weight excluding hydrogens is 375 g/mol. The van der Waals surface area contributed by atoms with Crippen LogP contribution in [0.2, 0.25) is 0 Å². The van der Waals surface area contributed by atoms with Crippen LogP contribution in [0.5, 0.6) is 5.75 Å². The topological polar surface area (TPSA) is 81.1 Å². The lowest BCUT2D eigenvalue weighted by Crippen LogP contribution is -2.28. The van der Waals surface area contributed by atoms with E-state index in [-0.39, 0.29) is 11.3 Å². The summed E-state index contributed by atoms with van der Waals surface area (Å²) in [6, 6.07) is 10.2. The van der Waals surface area contributed by atoms with Crippen molar-refractivity contribution in [1.82, 2.24) is 19.9 Å². The molecule has 0 fully saturated rings. The highest BCUT2D eigenvalue weighted by atomic mass is 19.4. The van der Waals surface area contributed by atoms with Crippen LogP contribution >= 0.6 is 0 Å². The van der Waals surface area contributed by atoms with Crippen LogP contribution in [-0.4, -0.2) is 39.9 Å². The molecular formula is C18H16F3N5O2. The zero-order chi connectivity index (χ0) is 20.0. The number of alkyl halides is 3. The average Bonchev–Trinajstić information content (AvgIpc) is 3.19. The van der Waals surface area contributed by atoms with E-state index in [0.29, 0.717) is 24.7 Å². The van der Waals surface area contributed by atoms with Crippen LogP contribution in [0.15, 0.2) is 61.2 Å². The molecule has 0 saturated carbocycles. The second-order valence-corrected chi connectivity index (χ2v) is 5.61. The van der Waals surface area contributed by atoms with Gasteiger partial charge in [-0.2, -0.15) is 0 Å². The van der Waals surface area contributed by atoms with Crippen molar-refractivity contribution in [3.8, 4) is 11.6 Å². The normalized spacial score (nSPS) is 11.1.